The van der Waals surface area contributed by atoms with E-state index in [1.54, 1.807) is 0 Å². The number of halogens is 2. The van der Waals surface area contributed by atoms with Crippen molar-refractivity contribution in [3.8, 4) is 5.75 Å². The topological polar surface area (TPSA) is 35.2 Å². The van der Waals surface area contributed by atoms with Crippen LogP contribution in [-0.4, -0.2) is 6.61 Å². The van der Waals surface area contributed by atoms with Crippen molar-refractivity contribution in [1.82, 2.24) is 0 Å². The molecule has 2 nitrogen and oxygen atoms in total. The van der Waals surface area contributed by atoms with Crippen molar-refractivity contribution in [2.24, 2.45) is 0 Å². The van der Waals surface area contributed by atoms with Crippen LogP contribution >= 0.6 is 0 Å². The van der Waals surface area contributed by atoms with Crippen LogP contribution in [0, 0.1) is 6.42 Å². The Bertz CT molecular complexity index is 439. The van der Waals surface area contributed by atoms with E-state index >= 15 is 0 Å². The zero-order chi connectivity index (χ0) is 12.0. The zero-order valence-corrected chi connectivity index (χ0v) is 9.33. The van der Waals surface area contributed by atoms with Crippen LogP contribution in [0.1, 0.15) is 42.2 Å². The van der Waals surface area contributed by atoms with Gasteiger partial charge in [0.05, 0.1) is 0 Å². The smallest absolute Gasteiger partial charge is 0.387 e. The van der Waals surface area contributed by atoms with Gasteiger partial charge in [0, 0.05) is 11.3 Å². The molecule has 0 heterocycles. The second-order valence-electron chi connectivity index (χ2n) is 4.72. The van der Waals surface area contributed by atoms with Crippen molar-refractivity contribution in [2.75, 3.05) is 5.73 Å². The van der Waals surface area contributed by atoms with Gasteiger partial charge >= 0.3 is 6.61 Å². The molecule has 17 heavy (non-hydrogen) atoms. The monoisotopic (exact) mass is 238 g/mol. The molecule has 4 heteroatoms. The number of ether oxygens (including phenoxy) is 1. The molecule has 0 bridgehead atoms. The maximum atomic E-state index is 12.5. The number of rotatable bonds is 4. The minimum Gasteiger partial charge on any atom is -0.434 e. The van der Waals surface area contributed by atoms with Gasteiger partial charge in [-0.15, -0.1) is 0 Å². The number of hydrogen-bond acceptors (Lipinski definition) is 2. The normalized spacial score (nSPS) is 19.7. The highest BCUT2D eigenvalue weighted by molar-refractivity contribution is 5.62. The van der Waals surface area contributed by atoms with Crippen LogP contribution in [0.25, 0.3) is 0 Å². The van der Waals surface area contributed by atoms with Crippen LogP contribution < -0.4 is 10.5 Å². The van der Waals surface area contributed by atoms with E-state index in [1.807, 2.05) is 12.1 Å². The Morgan fingerprint density at radius 2 is 2.00 bits per heavy atom. The summed E-state index contributed by atoms with van der Waals surface area (Å²) in [4.78, 5) is 0. The molecule has 0 saturated heterocycles. The molecule has 2 saturated carbocycles. The van der Waals surface area contributed by atoms with Crippen LogP contribution in [-0.2, 0) is 0 Å². The lowest BCUT2D eigenvalue weighted by Gasteiger charge is -2.16. The highest BCUT2D eigenvalue weighted by Gasteiger charge is 2.35. The fourth-order valence-corrected chi connectivity index (χ4v) is 2.26. The first kappa shape index (κ1) is 10.8. The number of nitrogen functional groups attached to an aromatic ring is 1. The fraction of sp³-hybridized carbons (Fsp3) is 0.462. The first-order valence-electron chi connectivity index (χ1n) is 5.87. The molecule has 2 fully saturated rings. The summed E-state index contributed by atoms with van der Waals surface area (Å²) in [6, 6.07) is 3.63. The van der Waals surface area contributed by atoms with Gasteiger partial charge in [-0.2, -0.15) is 8.78 Å². The van der Waals surface area contributed by atoms with Crippen LogP contribution in [0.15, 0.2) is 12.1 Å². The average molecular weight is 238 g/mol. The van der Waals surface area contributed by atoms with E-state index in [2.05, 4.69) is 6.42 Å². The third-order valence-electron chi connectivity index (χ3n) is 3.32. The molecule has 1 aromatic rings. The summed E-state index contributed by atoms with van der Waals surface area (Å²) >= 11 is 0. The van der Waals surface area contributed by atoms with E-state index in [1.165, 1.54) is 0 Å². The average Bonchev–Trinajstić information content (AvgIpc) is 3.12. The van der Waals surface area contributed by atoms with E-state index in [4.69, 9.17) is 10.5 Å². The van der Waals surface area contributed by atoms with Crippen LogP contribution in [0.3, 0.4) is 0 Å². The van der Waals surface area contributed by atoms with Crippen LogP contribution in [0.2, 0.25) is 0 Å². The Balaban J connectivity index is 2.06. The summed E-state index contributed by atoms with van der Waals surface area (Å²) in [6.45, 7) is -2.79. The predicted octanol–water partition coefficient (Wildman–Crippen LogP) is 3.44. The van der Waals surface area contributed by atoms with Gasteiger partial charge in [-0.25, -0.2) is 0 Å². The van der Waals surface area contributed by atoms with Crippen molar-refractivity contribution in [1.29, 1.82) is 0 Å². The number of hydrogen-bond donors (Lipinski definition) is 1. The molecule has 91 valence electrons. The number of anilines is 1. The Hall–Kier alpha value is -1.32. The van der Waals surface area contributed by atoms with Gasteiger partial charge in [0.2, 0.25) is 0 Å². The summed E-state index contributed by atoms with van der Waals surface area (Å²) in [7, 11) is 0. The highest BCUT2D eigenvalue weighted by Crippen LogP contribution is 2.52. The van der Waals surface area contributed by atoms with E-state index in [0.29, 0.717) is 17.4 Å². The minimum atomic E-state index is -2.79. The van der Waals surface area contributed by atoms with Gasteiger partial charge in [-0.05, 0) is 49.1 Å². The lowest BCUT2D eigenvalue weighted by molar-refractivity contribution is -0.0509. The number of benzene rings is 1. The van der Waals surface area contributed by atoms with Crippen molar-refractivity contribution in [2.45, 2.75) is 37.7 Å². The molecule has 3 rings (SSSR count). The van der Waals surface area contributed by atoms with Gasteiger partial charge in [0.15, 0.2) is 0 Å². The Kier molecular flexibility index (Phi) is 2.45. The second kappa shape index (κ2) is 3.86. The van der Waals surface area contributed by atoms with E-state index in [-0.39, 0.29) is 5.92 Å². The molecule has 0 aliphatic heterocycles. The molecule has 1 atom stereocenters. The van der Waals surface area contributed by atoms with E-state index in [0.717, 1.165) is 30.4 Å². The third-order valence-corrected chi connectivity index (χ3v) is 3.32. The van der Waals surface area contributed by atoms with Gasteiger partial charge in [-0.1, -0.05) is 6.07 Å². The third kappa shape index (κ3) is 2.08. The molecule has 0 spiro atoms. The predicted molar refractivity (Wildman–Crippen MR) is 61.1 cm³/mol. The molecule has 2 N–H and O–H groups in total. The Morgan fingerprint density at radius 1 is 1.29 bits per heavy atom. The summed E-state index contributed by atoms with van der Waals surface area (Å²) in [6.07, 6.45) is 5.05. The summed E-state index contributed by atoms with van der Waals surface area (Å²) in [5.74, 6) is 0.908. The molecule has 2 aliphatic carbocycles. The molecule has 1 aromatic carbocycles. The highest BCUT2D eigenvalue weighted by atomic mass is 19.3. The van der Waals surface area contributed by atoms with Crippen molar-refractivity contribution >= 4 is 5.69 Å². The maximum Gasteiger partial charge on any atom is 0.387 e. The van der Waals surface area contributed by atoms with Crippen molar-refractivity contribution in [3.05, 3.63) is 29.7 Å². The Morgan fingerprint density at radius 3 is 2.53 bits per heavy atom. The van der Waals surface area contributed by atoms with Crippen molar-refractivity contribution in [3.63, 3.8) is 0 Å². The molecule has 0 amide bonds. The lowest BCUT2D eigenvalue weighted by atomic mass is 10.00. The van der Waals surface area contributed by atoms with Gasteiger partial charge in [-0.3, -0.25) is 0 Å². The zero-order valence-electron chi connectivity index (χ0n) is 9.33. The van der Waals surface area contributed by atoms with Gasteiger partial charge in [0.1, 0.15) is 5.75 Å². The minimum absolute atomic E-state index is 0.266. The first-order chi connectivity index (χ1) is 8.16. The molecule has 2 aliphatic rings. The van der Waals surface area contributed by atoms with Crippen molar-refractivity contribution < 1.29 is 13.5 Å². The largest absolute Gasteiger partial charge is 0.434 e. The standard InChI is InChI=1S/C13H14F2NO/c14-13(15)17-12-9(7-1-2-7)5-6-10(16)11(12)8-3-4-8/h1,5-8,13H,2-4,16H2. The molecule has 1 unspecified atom stereocenters. The fourth-order valence-electron chi connectivity index (χ4n) is 2.26. The quantitative estimate of drug-likeness (QED) is 0.815. The molecule has 1 radical (unpaired) electrons. The second-order valence-corrected chi connectivity index (χ2v) is 4.72. The number of nitrogens with two attached hydrogens (primary N) is 1. The van der Waals surface area contributed by atoms with Crippen LogP contribution in [0.5, 0.6) is 5.75 Å². The molecular formula is C13H14F2NO. The van der Waals surface area contributed by atoms with Gasteiger partial charge in [0.25, 0.3) is 0 Å². The van der Waals surface area contributed by atoms with Gasteiger partial charge < -0.3 is 10.5 Å². The number of alkyl halides is 2. The summed E-state index contributed by atoms with van der Waals surface area (Å²) in [5, 5.41) is 0. The lowest BCUT2D eigenvalue weighted by Crippen LogP contribution is -2.08. The Labute approximate surface area is 98.8 Å². The summed E-state index contributed by atoms with van der Waals surface area (Å²) in [5.41, 5.74) is 8.13. The molecule has 0 aromatic heterocycles. The molecular weight excluding hydrogens is 224 g/mol. The first-order valence-corrected chi connectivity index (χ1v) is 5.87. The van der Waals surface area contributed by atoms with Crippen LogP contribution in [0.4, 0.5) is 14.5 Å². The van der Waals surface area contributed by atoms with E-state index in [9.17, 15) is 8.78 Å². The summed E-state index contributed by atoms with van der Waals surface area (Å²) < 4.78 is 29.7. The SMILES string of the molecule is Nc1ccc(C2[CH]C2)c(OC(F)F)c1C1CC1. The maximum absolute atomic E-state index is 12.5. The van der Waals surface area contributed by atoms with E-state index < -0.39 is 6.61 Å².